The average molecular weight is 298 g/mol. The largest absolute Gasteiger partial charge is 0.293 e. The Labute approximate surface area is 131 Å². The van der Waals surface area contributed by atoms with Gasteiger partial charge >= 0.3 is 0 Å². The maximum Gasteiger partial charge on any atom is 0.170 e. The second kappa shape index (κ2) is 6.15. The number of hydrogen-bond donors (Lipinski definition) is 0. The summed E-state index contributed by atoms with van der Waals surface area (Å²) < 4.78 is 0. The summed E-state index contributed by atoms with van der Waals surface area (Å²) in [6.45, 7) is 4.43. The fourth-order valence-electron chi connectivity index (χ4n) is 3.28. The van der Waals surface area contributed by atoms with Gasteiger partial charge in [0, 0.05) is 16.4 Å². The van der Waals surface area contributed by atoms with Crippen LogP contribution in [-0.2, 0) is 12.8 Å². The SMILES string of the molecule is CC(C)Cc1cccc(C(=O)C2CCCc3sccc32)c1. The van der Waals surface area contributed by atoms with Gasteiger partial charge in [-0.25, -0.2) is 0 Å². The third-order valence-electron chi connectivity index (χ3n) is 4.22. The first-order valence-electron chi connectivity index (χ1n) is 7.84. The van der Waals surface area contributed by atoms with Crippen molar-refractivity contribution in [1.82, 2.24) is 0 Å². The highest BCUT2D eigenvalue weighted by Gasteiger charge is 2.28. The molecule has 2 aromatic rings. The molecule has 0 radical (unpaired) electrons. The van der Waals surface area contributed by atoms with E-state index in [1.807, 2.05) is 12.1 Å². The smallest absolute Gasteiger partial charge is 0.170 e. The lowest BCUT2D eigenvalue weighted by Crippen LogP contribution is -2.17. The van der Waals surface area contributed by atoms with E-state index in [2.05, 4.69) is 37.4 Å². The number of carbonyl (C=O) groups is 1. The van der Waals surface area contributed by atoms with Gasteiger partial charge in [-0.3, -0.25) is 4.79 Å². The number of aryl methyl sites for hydroxylation is 1. The topological polar surface area (TPSA) is 17.1 Å². The molecule has 0 bridgehead atoms. The van der Waals surface area contributed by atoms with E-state index in [1.165, 1.54) is 16.0 Å². The monoisotopic (exact) mass is 298 g/mol. The number of carbonyl (C=O) groups excluding carboxylic acids is 1. The summed E-state index contributed by atoms with van der Waals surface area (Å²) in [6.07, 6.45) is 4.31. The van der Waals surface area contributed by atoms with E-state index >= 15 is 0 Å². The predicted molar refractivity (Wildman–Crippen MR) is 89.3 cm³/mol. The minimum Gasteiger partial charge on any atom is -0.293 e. The number of thiophene rings is 1. The molecular weight excluding hydrogens is 276 g/mol. The van der Waals surface area contributed by atoms with Crippen LogP contribution < -0.4 is 0 Å². The number of fused-ring (bicyclic) bond motifs is 1. The third-order valence-corrected chi connectivity index (χ3v) is 5.22. The molecule has 3 rings (SSSR count). The number of Topliss-reactive ketones (excluding diaryl/α,β-unsaturated/α-hetero) is 1. The molecule has 1 nitrogen and oxygen atoms in total. The molecule has 1 aromatic heterocycles. The molecule has 1 aliphatic rings. The zero-order valence-electron chi connectivity index (χ0n) is 12.8. The van der Waals surface area contributed by atoms with Gasteiger partial charge < -0.3 is 0 Å². The minimum absolute atomic E-state index is 0.0781. The molecule has 21 heavy (non-hydrogen) atoms. The second-order valence-electron chi connectivity index (χ2n) is 6.41. The fourth-order valence-corrected chi connectivity index (χ4v) is 4.27. The van der Waals surface area contributed by atoms with Gasteiger partial charge in [-0.05, 0) is 60.2 Å². The Morgan fingerprint density at radius 2 is 2.19 bits per heavy atom. The first-order chi connectivity index (χ1) is 10.1. The predicted octanol–water partition coefficient (Wildman–Crippen LogP) is 5.25. The first-order valence-corrected chi connectivity index (χ1v) is 8.72. The van der Waals surface area contributed by atoms with Crippen molar-refractivity contribution in [3.8, 4) is 0 Å². The van der Waals surface area contributed by atoms with Crippen LogP contribution in [0.15, 0.2) is 35.7 Å². The standard InChI is InChI=1S/C19H22OS/c1-13(2)11-14-5-3-6-15(12-14)19(20)17-7-4-8-18-16(17)9-10-21-18/h3,5-6,9-10,12-13,17H,4,7-8,11H2,1-2H3. The zero-order valence-corrected chi connectivity index (χ0v) is 13.6. The average Bonchev–Trinajstić information content (AvgIpc) is 2.94. The van der Waals surface area contributed by atoms with Crippen LogP contribution in [0.25, 0.3) is 0 Å². The number of rotatable bonds is 4. The molecule has 0 saturated carbocycles. The van der Waals surface area contributed by atoms with Gasteiger partial charge in [0.05, 0.1) is 0 Å². The van der Waals surface area contributed by atoms with E-state index in [4.69, 9.17) is 0 Å². The summed E-state index contributed by atoms with van der Waals surface area (Å²) in [4.78, 5) is 14.3. The van der Waals surface area contributed by atoms with Crippen molar-refractivity contribution in [3.63, 3.8) is 0 Å². The molecule has 1 atom stereocenters. The van der Waals surface area contributed by atoms with Crippen molar-refractivity contribution in [2.24, 2.45) is 5.92 Å². The Balaban J connectivity index is 1.86. The van der Waals surface area contributed by atoms with E-state index in [9.17, 15) is 4.79 Å². The van der Waals surface area contributed by atoms with E-state index < -0.39 is 0 Å². The van der Waals surface area contributed by atoms with Crippen molar-refractivity contribution in [3.05, 3.63) is 57.3 Å². The molecule has 0 amide bonds. The van der Waals surface area contributed by atoms with Gasteiger partial charge in [0.2, 0.25) is 0 Å². The van der Waals surface area contributed by atoms with Crippen LogP contribution in [-0.4, -0.2) is 5.78 Å². The van der Waals surface area contributed by atoms with Crippen molar-refractivity contribution >= 4 is 17.1 Å². The van der Waals surface area contributed by atoms with E-state index in [-0.39, 0.29) is 5.92 Å². The Morgan fingerprint density at radius 1 is 1.33 bits per heavy atom. The van der Waals surface area contributed by atoms with Crippen molar-refractivity contribution in [2.45, 2.75) is 45.4 Å². The molecule has 2 heteroatoms. The van der Waals surface area contributed by atoms with Gasteiger partial charge in [0.15, 0.2) is 5.78 Å². The first kappa shape index (κ1) is 14.5. The quantitative estimate of drug-likeness (QED) is 0.705. The molecule has 1 aromatic carbocycles. The van der Waals surface area contributed by atoms with E-state index in [0.717, 1.165) is 31.2 Å². The highest BCUT2D eigenvalue weighted by atomic mass is 32.1. The van der Waals surface area contributed by atoms with Crippen LogP contribution in [0.4, 0.5) is 0 Å². The molecule has 1 aliphatic carbocycles. The van der Waals surface area contributed by atoms with Crippen LogP contribution in [0.2, 0.25) is 0 Å². The van der Waals surface area contributed by atoms with E-state index in [1.54, 1.807) is 11.3 Å². The summed E-state index contributed by atoms with van der Waals surface area (Å²) in [5.41, 5.74) is 3.44. The molecule has 110 valence electrons. The molecule has 0 spiro atoms. The molecule has 0 saturated heterocycles. The van der Waals surface area contributed by atoms with Gasteiger partial charge in [0.25, 0.3) is 0 Å². The molecule has 0 fully saturated rings. The number of hydrogen-bond acceptors (Lipinski definition) is 2. The molecule has 1 heterocycles. The normalized spacial score (nSPS) is 17.8. The third kappa shape index (κ3) is 3.11. The van der Waals surface area contributed by atoms with Gasteiger partial charge in [-0.1, -0.05) is 32.0 Å². The maximum absolute atomic E-state index is 12.9. The Hall–Kier alpha value is -1.41. The summed E-state index contributed by atoms with van der Waals surface area (Å²) in [5.74, 6) is 1.00. The molecule has 1 unspecified atom stereocenters. The van der Waals surface area contributed by atoms with Crippen LogP contribution in [0.1, 0.15) is 59.0 Å². The lowest BCUT2D eigenvalue weighted by molar-refractivity contribution is 0.0951. The van der Waals surface area contributed by atoms with E-state index in [0.29, 0.717) is 11.7 Å². The van der Waals surface area contributed by atoms with Gasteiger partial charge in [0.1, 0.15) is 0 Å². The number of benzene rings is 1. The van der Waals surface area contributed by atoms with Crippen molar-refractivity contribution in [1.29, 1.82) is 0 Å². The van der Waals surface area contributed by atoms with Crippen molar-refractivity contribution < 1.29 is 4.79 Å². The number of ketones is 1. The minimum atomic E-state index is 0.0781. The summed E-state index contributed by atoms with van der Waals surface area (Å²) in [6, 6.07) is 10.4. The molecule has 0 aliphatic heterocycles. The summed E-state index contributed by atoms with van der Waals surface area (Å²) in [7, 11) is 0. The fraction of sp³-hybridized carbons (Fsp3) is 0.421. The lowest BCUT2D eigenvalue weighted by Gasteiger charge is -2.21. The highest BCUT2D eigenvalue weighted by molar-refractivity contribution is 7.10. The molecule has 0 N–H and O–H groups in total. The Bertz CT molecular complexity index is 639. The maximum atomic E-state index is 12.9. The van der Waals surface area contributed by atoms with Crippen LogP contribution in [0.5, 0.6) is 0 Å². The summed E-state index contributed by atoms with van der Waals surface area (Å²) in [5, 5.41) is 2.13. The van der Waals surface area contributed by atoms with Crippen LogP contribution >= 0.6 is 11.3 Å². The Morgan fingerprint density at radius 3 is 3.00 bits per heavy atom. The second-order valence-corrected chi connectivity index (χ2v) is 7.41. The summed E-state index contributed by atoms with van der Waals surface area (Å²) >= 11 is 1.80. The van der Waals surface area contributed by atoms with Gasteiger partial charge in [-0.2, -0.15) is 0 Å². The Kier molecular flexibility index (Phi) is 4.25. The van der Waals surface area contributed by atoms with Crippen LogP contribution in [0.3, 0.4) is 0 Å². The van der Waals surface area contributed by atoms with Gasteiger partial charge in [-0.15, -0.1) is 11.3 Å². The molecular formula is C19H22OS. The highest BCUT2D eigenvalue weighted by Crippen LogP contribution is 2.37. The lowest BCUT2D eigenvalue weighted by atomic mass is 9.82. The van der Waals surface area contributed by atoms with Crippen LogP contribution in [0, 0.1) is 5.92 Å². The van der Waals surface area contributed by atoms with Crippen molar-refractivity contribution in [2.75, 3.05) is 0 Å². The zero-order chi connectivity index (χ0) is 14.8.